The number of rotatable bonds is 3. The van der Waals surface area contributed by atoms with Gasteiger partial charge in [0, 0.05) is 0 Å². The van der Waals surface area contributed by atoms with Crippen molar-refractivity contribution in [2.75, 3.05) is 0 Å². The van der Waals surface area contributed by atoms with Crippen molar-refractivity contribution in [3.63, 3.8) is 0 Å². The minimum absolute atomic E-state index is 0.935. The summed E-state index contributed by atoms with van der Waals surface area (Å²) in [7, 11) is 0. The highest BCUT2D eigenvalue weighted by molar-refractivity contribution is 6.06. The minimum atomic E-state index is 0.935. The molecule has 0 amide bonds. The maximum atomic E-state index is 2.30. The molecule has 0 aliphatic carbocycles. The molecule has 0 heteroatoms. The van der Waals surface area contributed by atoms with Crippen LogP contribution in [0.1, 0.15) is 11.1 Å². The Morgan fingerprint density at radius 2 is 1.07 bits per heavy atom. The second-order valence-corrected chi connectivity index (χ2v) is 7.01. The van der Waals surface area contributed by atoms with E-state index < -0.39 is 0 Å². The number of hydrogen-bond acceptors (Lipinski definition) is 0. The molecule has 27 heavy (non-hydrogen) atoms. The summed E-state index contributed by atoms with van der Waals surface area (Å²) >= 11 is 0. The first-order chi connectivity index (χ1) is 13.4. The minimum Gasteiger partial charge on any atom is -0.0622 e. The van der Waals surface area contributed by atoms with Gasteiger partial charge in [-0.05, 0) is 50.2 Å². The van der Waals surface area contributed by atoms with Gasteiger partial charge in [-0.1, -0.05) is 109 Å². The van der Waals surface area contributed by atoms with Gasteiger partial charge in [-0.15, -0.1) is 0 Å². The molecule has 5 aromatic carbocycles. The first kappa shape index (κ1) is 15.8. The summed E-state index contributed by atoms with van der Waals surface area (Å²) in [6.07, 6.45) is 0.935. The zero-order valence-corrected chi connectivity index (χ0v) is 15.1. The van der Waals surface area contributed by atoms with E-state index in [1.54, 1.807) is 0 Å². The molecule has 0 bridgehead atoms. The van der Waals surface area contributed by atoms with Crippen molar-refractivity contribution in [1.82, 2.24) is 0 Å². The zero-order chi connectivity index (χ0) is 18.1. The van der Waals surface area contributed by atoms with Crippen LogP contribution in [0.5, 0.6) is 0 Å². The van der Waals surface area contributed by atoms with Crippen molar-refractivity contribution >= 4 is 21.5 Å². The Bertz CT molecular complexity index is 1230. The molecule has 0 aliphatic heterocycles. The third-order valence-electron chi connectivity index (χ3n) is 5.31. The molecule has 5 aromatic rings. The second kappa shape index (κ2) is 6.74. The highest BCUT2D eigenvalue weighted by Crippen LogP contribution is 2.37. The highest BCUT2D eigenvalue weighted by atomic mass is 14.2. The fourth-order valence-corrected chi connectivity index (χ4v) is 4.04. The van der Waals surface area contributed by atoms with Crippen molar-refractivity contribution in [3.8, 4) is 11.1 Å². The molecule has 0 fully saturated rings. The summed E-state index contributed by atoms with van der Waals surface area (Å²) in [6.45, 7) is 0. The predicted octanol–water partition coefficient (Wildman–Crippen LogP) is 7.25. The van der Waals surface area contributed by atoms with E-state index in [9.17, 15) is 0 Å². The van der Waals surface area contributed by atoms with E-state index in [1.165, 1.54) is 43.8 Å². The third-order valence-corrected chi connectivity index (χ3v) is 5.31. The van der Waals surface area contributed by atoms with E-state index in [0.29, 0.717) is 0 Å². The summed E-state index contributed by atoms with van der Waals surface area (Å²) < 4.78 is 0. The van der Waals surface area contributed by atoms with Crippen LogP contribution in [0.15, 0.2) is 109 Å². The highest BCUT2D eigenvalue weighted by Gasteiger charge is 2.13. The Morgan fingerprint density at radius 1 is 0.444 bits per heavy atom. The van der Waals surface area contributed by atoms with E-state index >= 15 is 0 Å². The lowest BCUT2D eigenvalue weighted by Crippen LogP contribution is -1.94. The second-order valence-electron chi connectivity index (χ2n) is 7.01. The van der Waals surface area contributed by atoms with Gasteiger partial charge < -0.3 is 0 Å². The molecule has 5 rings (SSSR count). The van der Waals surface area contributed by atoms with Crippen molar-refractivity contribution in [2.45, 2.75) is 6.42 Å². The summed E-state index contributed by atoms with van der Waals surface area (Å²) in [4.78, 5) is 0. The number of fused-ring (bicyclic) bond motifs is 2. The van der Waals surface area contributed by atoms with Crippen LogP contribution in [0.3, 0.4) is 0 Å². The summed E-state index contributed by atoms with van der Waals surface area (Å²) in [6, 6.07) is 39.3. The molecule has 0 N–H and O–H groups in total. The standard InChI is InChI=1S/C27H20/c1-2-9-20(10-3-1)19-23-18-17-22-12-5-7-15-25(22)27(23)26-16-8-13-21-11-4-6-14-24(21)26/h1-18H,19H2. The molecule has 0 saturated heterocycles. The summed E-state index contributed by atoms with van der Waals surface area (Å²) in [5.74, 6) is 0. The van der Waals surface area contributed by atoms with Gasteiger partial charge in [0.1, 0.15) is 0 Å². The van der Waals surface area contributed by atoms with Crippen LogP contribution < -0.4 is 0 Å². The molecule has 0 aliphatic rings. The van der Waals surface area contributed by atoms with Gasteiger partial charge in [-0.25, -0.2) is 0 Å². The number of hydrogen-bond donors (Lipinski definition) is 0. The molecule has 0 heterocycles. The fraction of sp³-hybridized carbons (Fsp3) is 0.0370. The van der Waals surface area contributed by atoms with Gasteiger partial charge in [0.25, 0.3) is 0 Å². The van der Waals surface area contributed by atoms with Gasteiger partial charge >= 0.3 is 0 Å². The van der Waals surface area contributed by atoms with E-state index in [4.69, 9.17) is 0 Å². The average molecular weight is 344 g/mol. The fourth-order valence-electron chi connectivity index (χ4n) is 4.04. The Hall–Kier alpha value is -3.38. The van der Waals surface area contributed by atoms with Gasteiger partial charge in [-0.2, -0.15) is 0 Å². The lowest BCUT2D eigenvalue weighted by Gasteiger charge is -2.16. The smallest absolute Gasteiger partial charge is 0.00194 e. The molecule has 0 nitrogen and oxygen atoms in total. The Kier molecular flexibility index (Phi) is 3.95. The van der Waals surface area contributed by atoms with Gasteiger partial charge in [0.15, 0.2) is 0 Å². The van der Waals surface area contributed by atoms with E-state index in [-0.39, 0.29) is 0 Å². The molecule has 0 radical (unpaired) electrons. The molecule has 0 unspecified atom stereocenters. The van der Waals surface area contributed by atoms with Gasteiger partial charge in [0.05, 0.1) is 0 Å². The van der Waals surface area contributed by atoms with Crippen molar-refractivity contribution in [3.05, 3.63) is 120 Å². The molecule has 128 valence electrons. The van der Waals surface area contributed by atoms with Gasteiger partial charge in [-0.3, -0.25) is 0 Å². The molecule has 0 atom stereocenters. The van der Waals surface area contributed by atoms with Crippen molar-refractivity contribution in [1.29, 1.82) is 0 Å². The lowest BCUT2D eigenvalue weighted by atomic mass is 9.88. The third kappa shape index (κ3) is 2.90. The Balaban J connectivity index is 1.82. The lowest BCUT2D eigenvalue weighted by molar-refractivity contribution is 1.20. The van der Waals surface area contributed by atoms with E-state index in [2.05, 4.69) is 109 Å². The first-order valence-corrected chi connectivity index (χ1v) is 9.43. The molecule has 0 aromatic heterocycles. The van der Waals surface area contributed by atoms with E-state index in [0.717, 1.165) is 6.42 Å². The van der Waals surface area contributed by atoms with Crippen molar-refractivity contribution < 1.29 is 0 Å². The molecular formula is C27H20. The Labute approximate surface area is 159 Å². The topological polar surface area (TPSA) is 0 Å². The summed E-state index contributed by atoms with van der Waals surface area (Å²) in [5, 5.41) is 5.21. The molecular weight excluding hydrogens is 324 g/mol. The SMILES string of the molecule is c1ccc(Cc2ccc3ccccc3c2-c2cccc3ccccc23)cc1. The predicted molar refractivity (Wildman–Crippen MR) is 116 cm³/mol. The molecule has 0 saturated carbocycles. The zero-order valence-electron chi connectivity index (χ0n) is 15.1. The Morgan fingerprint density at radius 3 is 1.89 bits per heavy atom. The van der Waals surface area contributed by atoms with Crippen molar-refractivity contribution in [2.24, 2.45) is 0 Å². The quantitative estimate of drug-likeness (QED) is 0.323. The summed E-state index contributed by atoms with van der Waals surface area (Å²) in [5.41, 5.74) is 5.38. The van der Waals surface area contributed by atoms with Crippen LogP contribution in [-0.2, 0) is 6.42 Å². The van der Waals surface area contributed by atoms with Crippen LogP contribution in [0.4, 0.5) is 0 Å². The van der Waals surface area contributed by atoms with Crippen LogP contribution in [0.2, 0.25) is 0 Å². The van der Waals surface area contributed by atoms with Crippen LogP contribution in [0.25, 0.3) is 32.7 Å². The number of benzene rings is 5. The van der Waals surface area contributed by atoms with E-state index in [1.807, 2.05) is 0 Å². The largest absolute Gasteiger partial charge is 0.0622 e. The van der Waals surface area contributed by atoms with Crippen LogP contribution >= 0.6 is 0 Å². The van der Waals surface area contributed by atoms with Crippen LogP contribution in [-0.4, -0.2) is 0 Å². The maximum absolute atomic E-state index is 2.30. The molecule has 0 spiro atoms. The monoisotopic (exact) mass is 344 g/mol. The first-order valence-electron chi connectivity index (χ1n) is 9.43. The van der Waals surface area contributed by atoms with Crippen LogP contribution in [0, 0.1) is 0 Å². The maximum Gasteiger partial charge on any atom is -0.00194 e. The average Bonchev–Trinajstić information content (AvgIpc) is 2.74. The van der Waals surface area contributed by atoms with Gasteiger partial charge in [0.2, 0.25) is 0 Å². The normalized spacial score (nSPS) is 11.1.